The minimum absolute atomic E-state index is 0.240. The first-order valence-electron chi connectivity index (χ1n) is 10.5. The summed E-state index contributed by atoms with van der Waals surface area (Å²) in [5.41, 5.74) is 14.1. The number of fused-ring (bicyclic) bond motifs is 7. The van der Waals surface area contributed by atoms with E-state index in [-0.39, 0.29) is 6.10 Å². The average Bonchev–Trinajstić information content (AvgIpc) is 3.32. The summed E-state index contributed by atoms with van der Waals surface area (Å²) in [6.45, 7) is 6.16. The molecule has 0 spiro atoms. The standard InChI is InChI=1S/C24H25N5O2/c1-5-20-22-15-10-21(24(25)26-11-15)30-14(3)18-8-13(2)6-7-17(18)23-16(12-29(4)27-23)9-19(22)28-31-20/h6-8,10-12,14H,5,9H2,1-4H3,(H2,25,26)/t14-/m1/s1. The average molecular weight is 415 g/mol. The maximum Gasteiger partial charge on any atom is 0.166 e. The third-order valence-corrected chi connectivity index (χ3v) is 5.79. The van der Waals surface area contributed by atoms with E-state index in [1.54, 1.807) is 6.20 Å². The lowest BCUT2D eigenvalue weighted by Crippen LogP contribution is -2.09. The summed E-state index contributed by atoms with van der Waals surface area (Å²) in [5.74, 6) is 1.73. The zero-order valence-electron chi connectivity index (χ0n) is 18.1. The van der Waals surface area contributed by atoms with Crippen LogP contribution in [0.25, 0.3) is 22.4 Å². The van der Waals surface area contributed by atoms with Crippen molar-refractivity contribution < 1.29 is 9.26 Å². The SMILES string of the molecule is CCc1onc2c1-c1cnc(N)c(c1)O[C@H](C)c1cc(C)ccc1-c1nn(C)cc1C2. The van der Waals surface area contributed by atoms with Crippen molar-refractivity contribution in [1.82, 2.24) is 19.9 Å². The molecule has 4 heterocycles. The minimum atomic E-state index is -0.240. The molecule has 158 valence electrons. The highest BCUT2D eigenvalue weighted by molar-refractivity contribution is 5.73. The number of nitrogen functional groups attached to an aromatic ring is 1. The van der Waals surface area contributed by atoms with Gasteiger partial charge in [0.15, 0.2) is 11.6 Å². The van der Waals surface area contributed by atoms with Crippen LogP contribution in [0, 0.1) is 6.92 Å². The number of nitrogens with two attached hydrogens (primary N) is 1. The van der Waals surface area contributed by atoms with Crippen LogP contribution in [0.3, 0.4) is 0 Å². The van der Waals surface area contributed by atoms with E-state index < -0.39 is 0 Å². The van der Waals surface area contributed by atoms with Gasteiger partial charge >= 0.3 is 0 Å². The molecule has 0 aliphatic carbocycles. The molecule has 1 aliphatic heterocycles. The number of hydrogen-bond acceptors (Lipinski definition) is 6. The summed E-state index contributed by atoms with van der Waals surface area (Å²) in [5, 5.41) is 9.21. The van der Waals surface area contributed by atoms with Crippen LogP contribution in [0.2, 0.25) is 0 Å². The van der Waals surface area contributed by atoms with Gasteiger partial charge in [-0.15, -0.1) is 0 Å². The number of anilines is 1. The van der Waals surface area contributed by atoms with E-state index in [0.29, 0.717) is 18.0 Å². The number of hydrogen-bond donors (Lipinski definition) is 1. The van der Waals surface area contributed by atoms with Gasteiger partial charge in [0.25, 0.3) is 0 Å². The van der Waals surface area contributed by atoms with Crippen molar-refractivity contribution in [1.29, 1.82) is 0 Å². The molecule has 1 aromatic carbocycles. The first-order valence-corrected chi connectivity index (χ1v) is 10.5. The summed E-state index contributed by atoms with van der Waals surface area (Å²) >= 11 is 0. The fraction of sp³-hybridized carbons (Fsp3) is 0.292. The van der Waals surface area contributed by atoms with Crippen molar-refractivity contribution >= 4 is 5.82 Å². The van der Waals surface area contributed by atoms with E-state index in [1.165, 1.54) is 0 Å². The fourth-order valence-corrected chi connectivity index (χ4v) is 4.30. The molecule has 5 rings (SSSR count). The van der Waals surface area contributed by atoms with Crippen molar-refractivity contribution in [3.8, 4) is 28.1 Å². The topological polar surface area (TPSA) is 92.0 Å². The monoisotopic (exact) mass is 415 g/mol. The van der Waals surface area contributed by atoms with Gasteiger partial charge in [-0.05, 0) is 19.9 Å². The van der Waals surface area contributed by atoms with E-state index in [1.807, 2.05) is 30.9 Å². The molecule has 0 radical (unpaired) electrons. The molecule has 1 atom stereocenters. The van der Waals surface area contributed by atoms with Crippen LogP contribution in [-0.4, -0.2) is 19.9 Å². The highest BCUT2D eigenvalue weighted by atomic mass is 16.5. The molecule has 7 nitrogen and oxygen atoms in total. The molecular formula is C24H25N5O2. The molecule has 7 heteroatoms. The van der Waals surface area contributed by atoms with Gasteiger partial charge in [-0.1, -0.05) is 35.8 Å². The minimum Gasteiger partial charge on any atom is -0.482 e. The van der Waals surface area contributed by atoms with E-state index in [2.05, 4.69) is 42.2 Å². The van der Waals surface area contributed by atoms with Crippen LogP contribution in [0.1, 0.15) is 48.1 Å². The Hall–Kier alpha value is -3.61. The molecule has 0 fully saturated rings. The van der Waals surface area contributed by atoms with Gasteiger partial charge in [0.05, 0.1) is 11.4 Å². The molecule has 0 amide bonds. The molecule has 0 saturated heterocycles. The quantitative estimate of drug-likeness (QED) is 0.487. The fourth-order valence-electron chi connectivity index (χ4n) is 4.30. The summed E-state index contributed by atoms with van der Waals surface area (Å²) in [7, 11) is 1.94. The molecule has 2 N–H and O–H groups in total. The molecule has 0 saturated carbocycles. The summed E-state index contributed by atoms with van der Waals surface area (Å²) < 4.78 is 13.9. The highest BCUT2D eigenvalue weighted by Gasteiger charge is 2.25. The molecule has 1 aliphatic rings. The number of benzene rings is 1. The van der Waals surface area contributed by atoms with E-state index in [0.717, 1.165) is 56.9 Å². The summed E-state index contributed by atoms with van der Waals surface area (Å²) in [4.78, 5) is 4.41. The third-order valence-electron chi connectivity index (χ3n) is 5.79. The van der Waals surface area contributed by atoms with Gasteiger partial charge in [-0.25, -0.2) is 4.98 Å². The van der Waals surface area contributed by atoms with Crippen molar-refractivity contribution in [3.63, 3.8) is 0 Å². The van der Waals surface area contributed by atoms with Crippen LogP contribution in [0.4, 0.5) is 5.82 Å². The van der Waals surface area contributed by atoms with Gasteiger partial charge < -0.3 is 15.0 Å². The Bertz CT molecular complexity index is 1290. The number of nitrogens with zero attached hydrogens (tertiary/aromatic N) is 4. The molecule has 2 bridgehead atoms. The van der Waals surface area contributed by atoms with Crippen molar-refractivity contribution in [2.24, 2.45) is 7.05 Å². The Labute approximate surface area is 180 Å². The Balaban J connectivity index is 1.81. The lowest BCUT2D eigenvalue weighted by Gasteiger charge is -2.21. The van der Waals surface area contributed by atoms with Crippen LogP contribution in [-0.2, 0) is 19.9 Å². The largest absolute Gasteiger partial charge is 0.482 e. The van der Waals surface area contributed by atoms with Crippen LogP contribution in [0.15, 0.2) is 41.2 Å². The lowest BCUT2D eigenvalue weighted by molar-refractivity contribution is 0.228. The normalized spacial score (nSPS) is 15.2. The second-order valence-corrected chi connectivity index (χ2v) is 8.09. The number of ether oxygens (including phenoxy) is 1. The third kappa shape index (κ3) is 3.26. The Morgan fingerprint density at radius 1 is 1.26 bits per heavy atom. The second-order valence-electron chi connectivity index (χ2n) is 8.09. The highest BCUT2D eigenvalue weighted by Crippen LogP contribution is 2.39. The molecular weight excluding hydrogens is 390 g/mol. The smallest absolute Gasteiger partial charge is 0.166 e. The summed E-state index contributed by atoms with van der Waals surface area (Å²) in [6, 6.07) is 8.30. The Morgan fingerprint density at radius 2 is 2.10 bits per heavy atom. The van der Waals surface area contributed by atoms with Crippen LogP contribution < -0.4 is 10.5 Å². The lowest BCUT2D eigenvalue weighted by atomic mass is 9.93. The first-order chi connectivity index (χ1) is 14.9. The maximum absolute atomic E-state index is 6.35. The predicted molar refractivity (Wildman–Crippen MR) is 119 cm³/mol. The zero-order chi connectivity index (χ0) is 21.7. The Morgan fingerprint density at radius 3 is 2.90 bits per heavy atom. The summed E-state index contributed by atoms with van der Waals surface area (Å²) in [6.07, 6.45) is 4.89. The van der Waals surface area contributed by atoms with Gasteiger partial charge in [0, 0.05) is 60.1 Å². The van der Waals surface area contributed by atoms with E-state index in [4.69, 9.17) is 20.1 Å². The van der Waals surface area contributed by atoms with Gasteiger partial charge in [0.2, 0.25) is 0 Å². The van der Waals surface area contributed by atoms with Gasteiger partial charge in [-0.2, -0.15) is 5.10 Å². The second kappa shape index (κ2) is 7.27. The maximum atomic E-state index is 6.35. The molecule has 0 unspecified atom stereocenters. The van der Waals surface area contributed by atoms with Crippen molar-refractivity contribution in [3.05, 3.63) is 64.8 Å². The van der Waals surface area contributed by atoms with Gasteiger partial charge in [0.1, 0.15) is 11.9 Å². The van der Waals surface area contributed by atoms with E-state index in [9.17, 15) is 0 Å². The molecule has 31 heavy (non-hydrogen) atoms. The number of aromatic nitrogens is 4. The molecule has 3 aromatic heterocycles. The number of rotatable bonds is 1. The van der Waals surface area contributed by atoms with Crippen molar-refractivity contribution in [2.75, 3.05) is 5.73 Å². The van der Waals surface area contributed by atoms with Crippen LogP contribution >= 0.6 is 0 Å². The first kappa shape index (κ1) is 19.4. The zero-order valence-corrected chi connectivity index (χ0v) is 18.1. The van der Waals surface area contributed by atoms with E-state index >= 15 is 0 Å². The number of aryl methyl sites for hydroxylation is 3. The number of pyridine rings is 1. The Kier molecular flexibility index (Phi) is 4.54. The van der Waals surface area contributed by atoms with Crippen LogP contribution in [0.5, 0.6) is 5.75 Å². The van der Waals surface area contributed by atoms with Gasteiger partial charge in [-0.3, -0.25) is 4.68 Å². The predicted octanol–water partition coefficient (Wildman–Crippen LogP) is 4.63. The molecule has 4 aromatic rings. The van der Waals surface area contributed by atoms with Crippen molar-refractivity contribution in [2.45, 2.75) is 39.7 Å².